The van der Waals surface area contributed by atoms with Crippen LogP contribution in [0.5, 0.6) is 0 Å². The largest absolute Gasteiger partial charge is 0.481 e. The summed E-state index contributed by atoms with van der Waals surface area (Å²) in [6.07, 6.45) is 3.62. The summed E-state index contributed by atoms with van der Waals surface area (Å²) in [7, 11) is 0. The maximum atomic E-state index is 11.7. The Morgan fingerprint density at radius 2 is 1.86 bits per heavy atom. The van der Waals surface area contributed by atoms with E-state index in [-0.39, 0.29) is 12.3 Å². The van der Waals surface area contributed by atoms with E-state index in [9.17, 15) is 9.59 Å². The molecule has 0 atom stereocenters. The number of carboxylic acid groups (broad SMARTS) is 1. The molecule has 2 N–H and O–H groups in total. The molecule has 21 heavy (non-hydrogen) atoms. The van der Waals surface area contributed by atoms with Gasteiger partial charge in [0.25, 0.3) is 0 Å². The number of carbonyl (C=O) groups is 2. The predicted molar refractivity (Wildman–Crippen MR) is 85.9 cm³/mol. The molecular formula is C15H20ClNO3S. The molecular weight excluding hydrogens is 310 g/mol. The quantitative estimate of drug-likeness (QED) is 0.508. The van der Waals surface area contributed by atoms with Crippen molar-refractivity contribution in [2.45, 2.75) is 37.0 Å². The molecule has 1 amide bonds. The van der Waals surface area contributed by atoms with E-state index < -0.39 is 5.97 Å². The highest BCUT2D eigenvalue weighted by Crippen LogP contribution is 2.26. The van der Waals surface area contributed by atoms with Crippen molar-refractivity contribution in [3.8, 4) is 0 Å². The van der Waals surface area contributed by atoms with Gasteiger partial charge >= 0.3 is 5.97 Å². The number of halogens is 1. The van der Waals surface area contributed by atoms with Gasteiger partial charge in [0.15, 0.2) is 0 Å². The number of rotatable bonds is 10. The van der Waals surface area contributed by atoms with E-state index in [1.807, 2.05) is 18.2 Å². The van der Waals surface area contributed by atoms with Gasteiger partial charge in [-0.05, 0) is 25.0 Å². The smallest absolute Gasteiger partial charge is 0.303 e. The second kappa shape index (κ2) is 10.5. The lowest BCUT2D eigenvalue weighted by Gasteiger charge is -2.06. The SMILES string of the molecule is O=C(O)CCCCCCNC(=O)CSc1ccccc1Cl. The van der Waals surface area contributed by atoms with Crippen LogP contribution < -0.4 is 5.32 Å². The number of carboxylic acids is 1. The second-order valence-corrected chi connectivity index (χ2v) is 6.05. The first-order chi connectivity index (χ1) is 10.1. The molecule has 0 aromatic heterocycles. The fourth-order valence-electron chi connectivity index (χ4n) is 1.74. The number of thioether (sulfide) groups is 1. The summed E-state index contributed by atoms with van der Waals surface area (Å²) in [5.74, 6) is -0.409. The lowest BCUT2D eigenvalue weighted by atomic mass is 10.1. The number of amides is 1. The minimum atomic E-state index is -0.750. The Bertz CT molecular complexity index is 468. The van der Waals surface area contributed by atoms with Crippen LogP contribution in [0.15, 0.2) is 29.2 Å². The van der Waals surface area contributed by atoms with Crippen molar-refractivity contribution in [3.05, 3.63) is 29.3 Å². The zero-order chi connectivity index (χ0) is 15.5. The molecule has 0 aliphatic rings. The van der Waals surface area contributed by atoms with E-state index >= 15 is 0 Å². The molecule has 0 saturated heterocycles. The monoisotopic (exact) mass is 329 g/mol. The fourth-order valence-corrected chi connectivity index (χ4v) is 2.81. The molecule has 1 aromatic carbocycles. The van der Waals surface area contributed by atoms with Crippen molar-refractivity contribution in [2.24, 2.45) is 0 Å². The first-order valence-electron chi connectivity index (χ1n) is 6.95. The molecule has 0 aliphatic heterocycles. The number of nitrogens with one attached hydrogen (secondary N) is 1. The normalized spacial score (nSPS) is 10.3. The predicted octanol–water partition coefficient (Wildman–Crippen LogP) is 3.58. The number of carbonyl (C=O) groups excluding carboxylic acids is 1. The number of aliphatic carboxylic acids is 1. The Hall–Kier alpha value is -1.20. The average molecular weight is 330 g/mol. The zero-order valence-electron chi connectivity index (χ0n) is 11.8. The summed E-state index contributed by atoms with van der Waals surface area (Å²) >= 11 is 7.43. The summed E-state index contributed by atoms with van der Waals surface area (Å²) in [5.41, 5.74) is 0. The van der Waals surface area contributed by atoms with E-state index in [1.54, 1.807) is 6.07 Å². The Labute approximate surface area is 134 Å². The summed E-state index contributed by atoms with van der Waals surface area (Å²) < 4.78 is 0. The lowest BCUT2D eigenvalue weighted by molar-refractivity contribution is -0.137. The van der Waals surface area contributed by atoms with Gasteiger partial charge in [0.2, 0.25) is 5.91 Å². The average Bonchev–Trinajstić information content (AvgIpc) is 2.45. The van der Waals surface area contributed by atoms with Gasteiger partial charge < -0.3 is 10.4 Å². The molecule has 0 bridgehead atoms. The lowest BCUT2D eigenvalue weighted by Crippen LogP contribution is -2.26. The van der Waals surface area contributed by atoms with Crippen LogP contribution in [0.25, 0.3) is 0 Å². The zero-order valence-corrected chi connectivity index (χ0v) is 13.4. The summed E-state index contributed by atoms with van der Waals surface area (Å²) in [6.45, 7) is 0.634. The molecule has 0 saturated carbocycles. The Kier molecular flexibility index (Phi) is 8.94. The van der Waals surface area contributed by atoms with Crippen LogP contribution in [0.3, 0.4) is 0 Å². The molecule has 6 heteroatoms. The molecule has 0 fully saturated rings. The van der Waals surface area contributed by atoms with E-state index in [0.717, 1.165) is 24.2 Å². The van der Waals surface area contributed by atoms with E-state index in [1.165, 1.54) is 11.8 Å². The topological polar surface area (TPSA) is 66.4 Å². The molecule has 4 nitrogen and oxygen atoms in total. The minimum Gasteiger partial charge on any atom is -0.481 e. The molecule has 0 radical (unpaired) electrons. The Balaban J connectivity index is 2.04. The third-order valence-electron chi connectivity index (χ3n) is 2.84. The van der Waals surface area contributed by atoms with Crippen LogP contribution in [0.4, 0.5) is 0 Å². The molecule has 0 aliphatic carbocycles. The Morgan fingerprint density at radius 3 is 2.57 bits per heavy atom. The highest BCUT2D eigenvalue weighted by atomic mass is 35.5. The van der Waals surface area contributed by atoms with Crippen LogP contribution >= 0.6 is 23.4 Å². The van der Waals surface area contributed by atoms with Gasteiger partial charge in [-0.2, -0.15) is 0 Å². The van der Waals surface area contributed by atoms with Crippen molar-refractivity contribution in [3.63, 3.8) is 0 Å². The van der Waals surface area contributed by atoms with Gasteiger partial charge in [0.1, 0.15) is 0 Å². The van der Waals surface area contributed by atoms with Crippen molar-refractivity contribution in [1.29, 1.82) is 0 Å². The number of benzene rings is 1. The van der Waals surface area contributed by atoms with Crippen LogP contribution in [0.2, 0.25) is 5.02 Å². The third kappa shape index (κ3) is 8.63. The standard InChI is InChI=1S/C15H20ClNO3S/c16-12-7-4-5-8-13(12)21-11-14(18)17-10-6-2-1-3-9-15(19)20/h4-5,7-8H,1-3,6,9-11H2,(H,17,18)(H,19,20). The van der Waals surface area contributed by atoms with Gasteiger partial charge in [-0.25, -0.2) is 0 Å². The van der Waals surface area contributed by atoms with Crippen molar-refractivity contribution in [2.75, 3.05) is 12.3 Å². The van der Waals surface area contributed by atoms with Crippen molar-refractivity contribution >= 4 is 35.2 Å². The van der Waals surface area contributed by atoms with E-state index in [2.05, 4.69) is 5.32 Å². The highest BCUT2D eigenvalue weighted by Gasteiger charge is 2.04. The van der Waals surface area contributed by atoms with Gasteiger partial charge in [-0.3, -0.25) is 9.59 Å². The highest BCUT2D eigenvalue weighted by molar-refractivity contribution is 8.00. The molecule has 1 aromatic rings. The molecule has 0 unspecified atom stereocenters. The molecule has 0 spiro atoms. The van der Waals surface area contributed by atoms with Gasteiger partial charge in [0, 0.05) is 17.9 Å². The van der Waals surface area contributed by atoms with Gasteiger partial charge in [-0.15, -0.1) is 11.8 Å². The van der Waals surface area contributed by atoms with Crippen molar-refractivity contribution in [1.82, 2.24) is 5.32 Å². The minimum absolute atomic E-state index is 0.00884. The van der Waals surface area contributed by atoms with Gasteiger partial charge in [-0.1, -0.05) is 36.6 Å². The first kappa shape index (κ1) is 17.9. The maximum Gasteiger partial charge on any atom is 0.303 e. The second-order valence-electron chi connectivity index (χ2n) is 4.63. The van der Waals surface area contributed by atoms with Crippen molar-refractivity contribution < 1.29 is 14.7 Å². The molecule has 116 valence electrons. The number of hydrogen-bond donors (Lipinski definition) is 2. The third-order valence-corrected chi connectivity index (χ3v) is 4.35. The van der Waals surface area contributed by atoms with Crippen LogP contribution in [-0.4, -0.2) is 29.3 Å². The molecule has 0 heterocycles. The van der Waals surface area contributed by atoms with Crippen LogP contribution in [-0.2, 0) is 9.59 Å². The first-order valence-corrected chi connectivity index (χ1v) is 8.32. The fraction of sp³-hybridized carbons (Fsp3) is 0.467. The molecule has 1 rings (SSSR count). The summed E-state index contributed by atoms with van der Waals surface area (Å²) in [4.78, 5) is 22.9. The summed E-state index contributed by atoms with van der Waals surface area (Å²) in [6, 6.07) is 7.45. The van der Waals surface area contributed by atoms with Crippen LogP contribution in [0, 0.1) is 0 Å². The van der Waals surface area contributed by atoms with Gasteiger partial charge in [0.05, 0.1) is 10.8 Å². The maximum absolute atomic E-state index is 11.7. The van der Waals surface area contributed by atoms with E-state index in [0.29, 0.717) is 23.7 Å². The van der Waals surface area contributed by atoms with E-state index in [4.69, 9.17) is 16.7 Å². The Morgan fingerprint density at radius 1 is 1.14 bits per heavy atom. The summed E-state index contributed by atoms with van der Waals surface area (Å²) in [5, 5.41) is 12.0. The number of hydrogen-bond acceptors (Lipinski definition) is 3. The number of unbranched alkanes of at least 4 members (excludes halogenated alkanes) is 3. The van der Waals surface area contributed by atoms with Crippen LogP contribution in [0.1, 0.15) is 32.1 Å².